The standard InChI is InChI=1S/C15H15N3O2/c1-12-7-9-14(10-8-12)16-15(19)18(17-20)11-13-5-3-2-4-6-13/h2-10H,11H2,1H3,(H,16,19). The fourth-order valence-electron chi connectivity index (χ4n) is 1.72. The summed E-state index contributed by atoms with van der Waals surface area (Å²) in [4.78, 5) is 22.8. The molecule has 0 saturated heterocycles. The number of rotatable bonds is 4. The zero-order chi connectivity index (χ0) is 14.4. The van der Waals surface area contributed by atoms with Gasteiger partial charge in [-0.05, 0) is 24.6 Å². The molecule has 0 aromatic heterocycles. The third kappa shape index (κ3) is 3.65. The number of nitrogens with zero attached hydrogens (tertiary/aromatic N) is 2. The Bertz CT molecular complexity index is 582. The van der Waals surface area contributed by atoms with Crippen LogP contribution in [0.4, 0.5) is 10.5 Å². The first-order valence-corrected chi connectivity index (χ1v) is 6.21. The van der Waals surface area contributed by atoms with Gasteiger partial charge >= 0.3 is 6.03 Å². The molecule has 0 aliphatic rings. The molecule has 0 bridgehead atoms. The lowest BCUT2D eigenvalue weighted by Crippen LogP contribution is -2.29. The van der Waals surface area contributed by atoms with Gasteiger partial charge in [-0.1, -0.05) is 48.0 Å². The molecule has 0 atom stereocenters. The molecule has 0 spiro atoms. The normalized spacial score (nSPS) is 9.85. The minimum Gasteiger partial charge on any atom is -0.306 e. The van der Waals surface area contributed by atoms with E-state index in [1.54, 1.807) is 12.1 Å². The second kappa shape index (κ2) is 6.47. The van der Waals surface area contributed by atoms with E-state index >= 15 is 0 Å². The van der Waals surface area contributed by atoms with Crippen molar-refractivity contribution < 1.29 is 4.79 Å². The minimum absolute atomic E-state index is 0.141. The maximum absolute atomic E-state index is 12.0. The topological polar surface area (TPSA) is 61.8 Å². The number of carbonyl (C=O) groups excluding carboxylic acids is 1. The van der Waals surface area contributed by atoms with E-state index in [0.29, 0.717) is 5.69 Å². The molecular formula is C15H15N3O2. The van der Waals surface area contributed by atoms with Crippen molar-refractivity contribution in [2.24, 2.45) is 5.29 Å². The molecule has 2 amide bonds. The highest BCUT2D eigenvalue weighted by molar-refractivity contribution is 5.89. The van der Waals surface area contributed by atoms with Gasteiger partial charge in [0, 0.05) is 5.69 Å². The molecule has 102 valence electrons. The molecule has 0 radical (unpaired) electrons. The van der Waals surface area contributed by atoms with E-state index < -0.39 is 6.03 Å². The molecule has 0 aliphatic heterocycles. The van der Waals surface area contributed by atoms with Crippen LogP contribution in [0.1, 0.15) is 11.1 Å². The monoisotopic (exact) mass is 269 g/mol. The average Bonchev–Trinajstić information content (AvgIpc) is 2.48. The van der Waals surface area contributed by atoms with Crippen molar-refractivity contribution >= 4 is 11.7 Å². The lowest BCUT2D eigenvalue weighted by molar-refractivity contribution is 0.211. The summed E-state index contributed by atoms with van der Waals surface area (Å²) < 4.78 is 0. The number of hydrogen-bond donors (Lipinski definition) is 1. The smallest absolute Gasteiger partial charge is 0.306 e. The number of benzene rings is 2. The van der Waals surface area contributed by atoms with Crippen LogP contribution < -0.4 is 5.32 Å². The van der Waals surface area contributed by atoms with E-state index in [9.17, 15) is 9.70 Å². The number of aryl methyl sites for hydroxylation is 1. The van der Waals surface area contributed by atoms with Crippen LogP contribution in [-0.4, -0.2) is 11.0 Å². The quantitative estimate of drug-likeness (QED) is 0.679. The van der Waals surface area contributed by atoms with Crippen LogP contribution in [0.2, 0.25) is 0 Å². The first-order valence-electron chi connectivity index (χ1n) is 6.21. The fraction of sp³-hybridized carbons (Fsp3) is 0.133. The second-order valence-electron chi connectivity index (χ2n) is 4.42. The van der Waals surface area contributed by atoms with Crippen molar-refractivity contribution in [2.75, 3.05) is 5.32 Å². The summed E-state index contributed by atoms with van der Waals surface area (Å²) in [7, 11) is 0. The van der Waals surface area contributed by atoms with Gasteiger partial charge in [0.05, 0.1) is 11.8 Å². The molecule has 1 N–H and O–H groups in total. The molecule has 0 fully saturated rings. The van der Waals surface area contributed by atoms with E-state index in [-0.39, 0.29) is 6.54 Å². The Kier molecular flexibility index (Phi) is 4.44. The highest BCUT2D eigenvalue weighted by Crippen LogP contribution is 2.11. The van der Waals surface area contributed by atoms with Gasteiger partial charge in [0.15, 0.2) is 0 Å². The number of urea groups is 1. The maximum atomic E-state index is 12.0. The van der Waals surface area contributed by atoms with Gasteiger partial charge in [0.25, 0.3) is 0 Å². The molecule has 20 heavy (non-hydrogen) atoms. The predicted molar refractivity (Wildman–Crippen MR) is 78.0 cm³/mol. The molecule has 5 heteroatoms. The number of nitrogens with one attached hydrogen (secondary N) is 1. The van der Waals surface area contributed by atoms with E-state index in [4.69, 9.17) is 0 Å². The molecular weight excluding hydrogens is 254 g/mol. The number of amides is 2. The first kappa shape index (κ1) is 13.7. The Hall–Kier alpha value is -2.69. The van der Waals surface area contributed by atoms with Crippen LogP contribution in [0.15, 0.2) is 59.9 Å². The highest BCUT2D eigenvalue weighted by atomic mass is 16.3. The minimum atomic E-state index is -0.548. The Labute approximate surface area is 117 Å². The van der Waals surface area contributed by atoms with Gasteiger partial charge in [0.2, 0.25) is 0 Å². The first-order chi connectivity index (χ1) is 9.69. The lowest BCUT2D eigenvalue weighted by atomic mass is 10.2. The summed E-state index contributed by atoms with van der Waals surface area (Å²) in [5.74, 6) is 0. The van der Waals surface area contributed by atoms with Crippen molar-refractivity contribution in [1.82, 2.24) is 5.01 Å². The number of carbonyl (C=O) groups is 1. The van der Waals surface area contributed by atoms with Gasteiger partial charge in [-0.15, -0.1) is 4.91 Å². The third-order valence-corrected chi connectivity index (χ3v) is 2.81. The van der Waals surface area contributed by atoms with E-state index in [0.717, 1.165) is 16.1 Å². The SMILES string of the molecule is Cc1ccc(NC(=O)N(Cc2ccccc2)N=O)cc1. The maximum Gasteiger partial charge on any atom is 0.345 e. The molecule has 2 aromatic rings. The molecule has 0 saturated carbocycles. The van der Waals surface area contributed by atoms with Crippen LogP contribution in [0, 0.1) is 11.8 Å². The highest BCUT2D eigenvalue weighted by Gasteiger charge is 2.14. The summed E-state index contributed by atoms with van der Waals surface area (Å²) in [5.41, 5.74) is 2.56. The molecule has 0 aliphatic carbocycles. The molecule has 2 aromatic carbocycles. The van der Waals surface area contributed by atoms with Crippen LogP contribution in [0.5, 0.6) is 0 Å². The predicted octanol–water partition coefficient (Wildman–Crippen LogP) is 3.71. The largest absolute Gasteiger partial charge is 0.345 e. The zero-order valence-electron chi connectivity index (χ0n) is 11.1. The summed E-state index contributed by atoms with van der Waals surface area (Å²) in [6.45, 7) is 2.10. The summed E-state index contributed by atoms with van der Waals surface area (Å²) in [5, 5.41) is 6.26. The van der Waals surface area contributed by atoms with Crippen molar-refractivity contribution in [3.63, 3.8) is 0 Å². The van der Waals surface area contributed by atoms with Crippen molar-refractivity contribution in [2.45, 2.75) is 13.5 Å². The van der Waals surface area contributed by atoms with Crippen LogP contribution >= 0.6 is 0 Å². The second-order valence-corrected chi connectivity index (χ2v) is 4.42. The van der Waals surface area contributed by atoms with Gasteiger partial charge in [-0.2, -0.15) is 5.01 Å². The van der Waals surface area contributed by atoms with E-state index in [1.807, 2.05) is 49.4 Å². The van der Waals surface area contributed by atoms with Gasteiger partial charge < -0.3 is 5.32 Å². The molecule has 2 rings (SSSR count). The molecule has 0 heterocycles. The summed E-state index contributed by atoms with van der Waals surface area (Å²) in [6.07, 6.45) is 0. The van der Waals surface area contributed by atoms with Crippen LogP contribution in [0.25, 0.3) is 0 Å². The Balaban J connectivity index is 2.02. The summed E-state index contributed by atoms with van der Waals surface area (Å²) >= 11 is 0. The Morgan fingerprint density at radius 1 is 1.10 bits per heavy atom. The van der Waals surface area contributed by atoms with E-state index in [2.05, 4.69) is 10.6 Å². The Morgan fingerprint density at radius 3 is 2.35 bits per heavy atom. The average molecular weight is 269 g/mol. The third-order valence-electron chi connectivity index (χ3n) is 2.81. The zero-order valence-corrected chi connectivity index (χ0v) is 11.1. The number of anilines is 1. The molecule has 5 nitrogen and oxygen atoms in total. The van der Waals surface area contributed by atoms with E-state index in [1.165, 1.54) is 0 Å². The summed E-state index contributed by atoms with van der Waals surface area (Å²) in [6, 6.07) is 16.0. The Morgan fingerprint density at radius 2 is 1.75 bits per heavy atom. The number of hydrogen-bond acceptors (Lipinski definition) is 3. The number of nitroso groups, excluding NO2 is 1. The fourth-order valence-corrected chi connectivity index (χ4v) is 1.72. The van der Waals surface area contributed by atoms with Crippen LogP contribution in [-0.2, 0) is 6.54 Å². The lowest BCUT2D eigenvalue weighted by Gasteiger charge is -2.14. The van der Waals surface area contributed by atoms with Gasteiger partial charge in [0.1, 0.15) is 0 Å². The van der Waals surface area contributed by atoms with Gasteiger partial charge in [-0.25, -0.2) is 4.79 Å². The van der Waals surface area contributed by atoms with Crippen LogP contribution in [0.3, 0.4) is 0 Å². The van der Waals surface area contributed by atoms with Crippen molar-refractivity contribution in [3.8, 4) is 0 Å². The van der Waals surface area contributed by atoms with Gasteiger partial charge in [-0.3, -0.25) is 0 Å². The van der Waals surface area contributed by atoms with Crippen molar-refractivity contribution in [1.29, 1.82) is 0 Å². The molecule has 0 unspecified atom stereocenters. The van der Waals surface area contributed by atoms with Crippen molar-refractivity contribution in [3.05, 3.63) is 70.6 Å².